The summed E-state index contributed by atoms with van der Waals surface area (Å²) in [7, 11) is 0. The number of non-ortho nitro benzene ring substituents is 1. The highest BCUT2D eigenvalue weighted by Gasteiger charge is 2.30. The standard InChI is InChI=1S/C21H20ClN3O6S/c1-4-30-18(26)12-24-16-10-7-14(25(28)29)11-17(16)32-20(24)23-19(27)21(2,3)31-15-8-5-13(22)6-9-15/h5-11H,4,12H2,1-3H3. The van der Waals surface area contributed by atoms with Gasteiger partial charge in [-0.05, 0) is 51.1 Å². The number of aromatic nitrogens is 1. The zero-order valence-electron chi connectivity index (χ0n) is 17.5. The number of esters is 1. The van der Waals surface area contributed by atoms with Gasteiger partial charge in [-0.15, -0.1) is 0 Å². The van der Waals surface area contributed by atoms with Crippen molar-refractivity contribution in [2.75, 3.05) is 6.61 Å². The summed E-state index contributed by atoms with van der Waals surface area (Å²) < 4.78 is 12.8. The van der Waals surface area contributed by atoms with Gasteiger partial charge in [0.1, 0.15) is 12.3 Å². The molecule has 1 heterocycles. The van der Waals surface area contributed by atoms with Crippen molar-refractivity contribution < 1.29 is 24.0 Å². The largest absolute Gasteiger partial charge is 0.478 e. The van der Waals surface area contributed by atoms with Crippen LogP contribution >= 0.6 is 22.9 Å². The Labute approximate surface area is 192 Å². The van der Waals surface area contributed by atoms with Gasteiger partial charge in [0, 0.05) is 17.2 Å². The molecule has 0 radical (unpaired) electrons. The Bertz CT molecular complexity index is 1250. The molecule has 11 heteroatoms. The minimum atomic E-state index is -1.32. The summed E-state index contributed by atoms with van der Waals surface area (Å²) in [5.74, 6) is -0.670. The van der Waals surface area contributed by atoms with Gasteiger partial charge in [0.15, 0.2) is 10.4 Å². The van der Waals surface area contributed by atoms with Gasteiger partial charge >= 0.3 is 5.97 Å². The lowest BCUT2D eigenvalue weighted by Crippen LogP contribution is -2.38. The minimum absolute atomic E-state index is 0.105. The molecule has 1 aromatic heterocycles. The van der Waals surface area contributed by atoms with Gasteiger partial charge in [-0.25, -0.2) is 0 Å². The molecule has 0 fully saturated rings. The van der Waals surface area contributed by atoms with E-state index in [2.05, 4.69) is 4.99 Å². The maximum absolute atomic E-state index is 13.0. The maximum atomic E-state index is 13.0. The number of hydrogen-bond acceptors (Lipinski definition) is 7. The van der Waals surface area contributed by atoms with Crippen LogP contribution in [0.15, 0.2) is 47.5 Å². The molecule has 0 aliphatic heterocycles. The lowest BCUT2D eigenvalue weighted by Gasteiger charge is -2.22. The Morgan fingerprint density at radius 3 is 2.53 bits per heavy atom. The minimum Gasteiger partial charge on any atom is -0.478 e. The van der Waals surface area contributed by atoms with Crippen LogP contribution in [-0.2, 0) is 20.9 Å². The van der Waals surface area contributed by atoms with Crippen molar-refractivity contribution in [3.8, 4) is 5.75 Å². The monoisotopic (exact) mass is 477 g/mol. The zero-order valence-corrected chi connectivity index (χ0v) is 19.1. The lowest BCUT2D eigenvalue weighted by molar-refractivity contribution is -0.384. The fourth-order valence-electron chi connectivity index (χ4n) is 2.81. The summed E-state index contributed by atoms with van der Waals surface area (Å²) in [4.78, 5) is 40.1. The molecule has 0 N–H and O–H groups in total. The van der Waals surface area contributed by atoms with Crippen LogP contribution in [0, 0.1) is 10.1 Å². The zero-order chi connectivity index (χ0) is 23.5. The van der Waals surface area contributed by atoms with Gasteiger partial charge in [-0.1, -0.05) is 22.9 Å². The number of fused-ring (bicyclic) bond motifs is 1. The Hall–Kier alpha value is -3.24. The first kappa shape index (κ1) is 23.4. The second-order valence-corrected chi connectivity index (χ2v) is 8.61. The summed E-state index contributed by atoms with van der Waals surface area (Å²) in [6.45, 7) is 4.82. The predicted octanol–water partition coefficient (Wildman–Crippen LogP) is 4.11. The summed E-state index contributed by atoms with van der Waals surface area (Å²) in [5, 5.41) is 11.7. The maximum Gasteiger partial charge on any atom is 0.326 e. The van der Waals surface area contributed by atoms with Crippen LogP contribution in [0.5, 0.6) is 5.75 Å². The number of rotatable bonds is 7. The molecule has 0 aliphatic rings. The molecule has 9 nitrogen and oxygen atoms in total. The van der Waals surface area contributed by atoms with E-state index in [-0.39, 0.29) is 23.6 Å². The molecule has 0 bridgehead atoms. The molecule has 168 valence electrons. The number of nitro benzene ring substituents is 1. The fraction of sp³-hybridized carbons (Fsp3) is 0.286. The van der Waals surface area contributed by atoms with Gasteiger partial charge in [0.05, 0.1) is 21.7 Å². The Morgan fingerprint density at radius 2 is 1.91 bits per heavy atom. The predicted molar refractivity (Wildman–Crippen MR) is 120 cm³/mol. The van der Waals surface area contributed by atoms with Crippen LogP contribution < -0.4 is 9.54 Å². The van der Waals surface area contributed by atoms with E-state index in [1.165, 1.54) is 22.8 Å². The van der Waals surface area contributed by atoms with E-state index in [0.717, 1.165) is 11.3 Å². The van der Waals surface area contributed by atoms with Gasteiger partial charge in [0.2, 0.25) is 0 Å². The number of benzene rings is 2. The third-order valence-electron chi connectivity index (χ3n) is 4.37. The third kappa shape index (κ3) is 5.32. The number of hydrogen-bond donors (Lipinski definition) is 0. The molecular weight excluding hydrogens is 458 g/mol. The molecule has 0 saturated carbocycles. The second-order valence-electron chi connectivity index (χ2n) is 7.17. The number of carbonyl (C=O) groups is 2. The van der Waals surface area contributed by atoms with E-state index in [4.69, 9.17) is 21.1 Å². The SMILES string of the molecule is CCOC(=O)Cn1c(=NC(=O)C(C)(C)Oc2ccc(Cl)cc2)sc2cc([N+](=O)[O-])ccc21. The van der Waals surface area contributed by atoms with Crippen molar-refractivity contribution in [2.45, 2.75) is 32.9 Å². The molecule has 0 spiro atoms. The molecule has 0 saturated heterocycles. The normalized spacial score (nSPS) is 12.1. The van der Waals surface area contributed by atoms with Gasteiger partial charge in [-0.3, -0.25) is 19.7 Å². The van der Waals surface area contributed by atoms with Gasteiger partial charge < -0.3 is 14.0 Å². The van der Waals surface area contributed by atoms with Crippen molar-refractivity contribution in [2.24, 2.45) is 4.99 Å². The molecule has 32 heavy (non-hydrogen) atoms. The highest BCUT2D eigenvalue weighted by Crippen LogP contribution is 2.24. The smallest absolute Gasteiger partial charge is 0.326 e. The number of halogens is 1. The van der Waals surface area contributed by atoms with Crippen LogP contribution in [0.2, 0.25) is 5.02 Å². The Morgan fingerprint density at radius 1 is 1.22 bits per heavy atom. The fourth-order valence-corrected chi connectivity index (χ4v) is 4.00. The van der Waals surface area contributed by atoms with E-state index in [1.54, 1.807) is 45.0 Å². The molecule has 3 rings (SSSR count). The summed E-state index contributed by atoms with van der Waals surface area (Å²) in [6, 6.07) is 10.8. The van der Waals surface area contributed by atoms with Crippen LogP contribution in [0.4, 0.5) is 5.69 Å². The number of nitrogens with zero attached hydrogens (tertiary/aromatic N) is 3. The quantitative estimate of drug-likeness (QED) is 0.287. The van der Waals surface area contributed by atoms with E-state index < -0.39 is 22.4 Å². The molecule has 0 aliphatic carbocycles. The van der Waals surface area contributed by atoms with Crippen LogP contribution in [0.3, 0.4) is 0 Å². The van der Waals surface area contributed by atoms with E-state index >= 15 is 0 Å². The number of carbonyl (C=O) groups excluding carboxylic acids is 2. The van der Waals surface area contributed by atoms with E-state index in [9.17, 15) is 19.7 Å². The van der Waals surface area contributed by atoms with E-state index in [0.29, 0.717) is 21.0 Å². The van der Waals surface area contributed by atoms with E-state index in [1.807, 2.05) is 0 Å². The molecule has 2 aromatic carbocycles. The number of nitro groups is 1. The average Bonchev–Trinajstić information content (AvgIpc) is 3.05. The topological polar surface area (TPSA) is 113 Å². The number of ether oxygens (including phenoxy) is 2. The first-order chi connectivity index (χ1) is 15.1. The summed E-state index contributed by atoms with van der Waals surface area (Å²) in [5.41, 5.74) is -0.902. The summed E-state index contributed by atoms with van der Waals surface area (Å²) >= 11 is 6.94. The molecular formula is C21H20ClN3O6S. The average molecular weight is 478 g/mol. The van der Waals surface area contributed by atoms with Crippen molar-refractivity contribution in [1.29, 1.82) is 0 Å². The van der Waals surface area contributed by atoms with Crippen molar-refractivity contribution in [1.82, 2.24) is 4.57 Å². The first-order valence-corrected chi connectivity index (χ1v) is 10.8. The second kappa shape index (κ2) is 9.49. The first-order valence-electron chi connectivity index (χ1n) is 9.58. The molecule has 3 aromatic rings. The number of thiazole rings is 1. The highest BCUT2D eigenvalue weighted by atomic mass is 35.5. The van der Waals surface area contributed by atoms with Crippen molar-refractivity contribution in [3.63, 3.8) is 0 Å². The molecule has 0 atom stereocenters. The highest BCUT2D eigenvalue weighted by molar-refractivity contribution is 7.16. The van der Waals surface area contributed by atoms with Crippen molar-refractivity contribution in [3.05, 3.63) is 62.4 Å². The Kier molecular flexibility index (Phi) is 6.95. The van der Waals surface area contributed by atoms with Crippen LogP contribution in [0.25, 0.3) is 10.2 Å². The van der Waals surface area contributed by atoms with Gasteiger partial charge in [-0.2, -0.15) is 4.99 Å². The lowest BCUT2D eigenvalue weighted by atomic mass is 10.1. The third-order valence-corrected chi connectivity index (χ3v) is 5.66. The number of amides is 1. The van der Waals surface area contributed by atoms with Crippen LogP contribution in [0.1, 0.15) is 20.8 Å². The molecule has 0 unspecified atom stereocenters. The summed E-state index contributed by atoms with van der Waals surface area (Å²) in [6.07, 6.45) is 0. The molecule has 1 amide bonds. The Balaban J connectivity index is 2.03. The van der Waals surface area contributed by atoms with Crippen LogP contribution in [-0.4, -0.2) is 33.6 Å². The van der Waals surface area contributed by atoms with Gasteiger partial charge in [0.25, 0.3) is 11.6 Å². The van der Waals surface area contributed by atoms with Crippen molar-refractivity contribution >= 4 is 50.7 Å².